The molecule has 3 rings (SSSR count). The number of carbonyl (C=O) groups is 2. The molecular formula is C27H25Cl6NO8S. The minimum absolute atomic E-state index is 0.0199. The molecule has 0 bridgehead atoms. The molecule has 0 aliphatic heterocycles. The van der Waals surface area contributed by atoms with Gasteiger partial charge in [0.15, 0.2) is 11.5 Å². The van der Waals surface area contributed by atoms with Gasteiger partial charge in [-0.1, -0.05) is 75.7 Å². The molecule has 43 heavy (non-hydrogen) atoms. The van der Waals surface area contributed by atoms with Crippen LogP contribution in [0.4, 0.5) is 0 Å². The highest BCUT2D eigenvalue weighted by atomic mass is 35.5. The van der Waals surface area contributed by atoms with Crippen molar-refractivity contribution in [2.45, 2.75) is 32.4 Å². The highest BCUT2D eigenvalue weighted by Gasteiger charge is 2.24. The van der Waals surface area contributed by atoms with Crippen LogP contribution >= 0.6 is 69.6 Å². The number of carbonyl (C=O) groups excluding carboxylic acids is 2. The molecule has 0 saturated carbocycles. The zero-order valence-electron chi connectivity index (χ0n) is 22.8. The van der Waals surface area contributed by atoms with E-state index >= 15 is 0 Å². The smallest absolute Gasteiger partial charge is 0.345 e. The second-order valence-corrected chi connectivity index (χ2v) is 13.6. The average molecular weight is 736 g/mol. The molecule has 0 saturated heterocycles. The second-order valence-electron chi connectivity index (χ2n) is 9.81. The summed E-state index contributed by atoms with van der Waals surface area (Å²) in [5.41, 5.74) is -0.0112. The van der Waals surface area contributed by atoms with Crippen LogP contribution < -0.4 is 14.8 Å². The quantitative estimate of drug-likeness (QED) is 0.0954. The summed E-state index contributed by atoms with van der Waals surface area (Å²) in [7, 11) is -3.67. The van der Waals surface area contributed by atoms with Crippen molar-refractivity contribution in [2.75, 3.05) is 12.8 Å². The fourth-order valence-corrected chi connectivity index (χ4v) is 4.32. The lowest BCUT2D eigenvalue weighted by Gasteiger charge is -2.23. The Bertz CT molecular complexity index is 1620. The topological polar surface area (TPSA) is 139 Å². The highest BCUT2D eigenvalue weighted by molar-refractivity contribution is 7.85. The molecule has 0 fully saturated rings. The SMILES string of the molecule is CC(C)(C)NCC(O)c1ccc(OC(=O)c2ccc(Cl)c(Cl)c2Cl)c(OC(=O)c2ccc(Cl)c(Cl)c2Cl)c1.CS(=O)(=O)O. The van der Waals surface area contributed by atoms with E-state index in [0.717, 1.165) is 0 Å². The van der Waals surface area contributed by atoms with Crippen molar-refractivity contribution in [3.05, 3.63) is 89.3 Å². The Kier molecular flexibility index (Phi) is 13.4. The van der Waals surface area contributed by atoms with Gasteiger partial charge < -0.3 is 19.9 Å². The number of esters is 2. The monoisotopic (exact) mass is 733 g/mol. The third-order valence-electron chi connectivity index (χ3n) is 5.09. The molecule has 9 nitrogen and oxygen atoms in total. The first-order valence-corrected chi connectivity index (χ1v) is 16.0. The molecule has 0 heterocycles. The third kappa shape index (κ3) is 11.6. The summed E-state index contributed by atoms with van der Waals surface area (Å²) in [6.45, 7) is 6.05. The van der Waals surface area contributed by atoms with Gasteiger partial charge in [-0.25, -0.2) is 9.59 Å². The summed E-state index contributed by atoms with van der Waals surface area (Å²) in [6.07, 6.45) is -0.262. The van der Waals surface area contributed by atoms with Gasteiger partial charge in [-0.05, 0) is 62.7 Å². The Balaban J connectivity index is 0.00000119. The minimum Gasteiger partial charge on any atom is -0.419 e. The molecule has 0 aliphatic rings. The van der Waals surface area contributed by atoms with Crippen molar-refractivity contribution in [2.24, 2.45) is 0 Å². The summed E-state index contributed by atoms with van der Waals surface area (Å²) in [5.74, 6) is -2.10. The molecule has 1 atom stereocenters. The van der Waals surface area contributed by atoms with Gasteiger partial charge in [-0.2, -0.15) is 8.42 Å². The lowest BCUT2D eigenvalue weighted by Crippen LogP contribution is -2.38. The van der Waals surface area contributed by atoms with Crippen LogP contribution in [0.2, 0.25) is 30.1 Å². The lowest BCUT2D eigenvalue weighted by molar-refractivity contribution is 0.0681. The molecule has 0 spiro atoms. The van der Waals surface area contributed by atoms with Crippen molar-refractivity contribution in [1.29, 1.82) is 0 Å². The van der Waals surface area contributed by atoms with E-state index in [1.807, 2.05) is 20.8 Å². The zero-order chi connectivity index (χ0) is 32.9. The average Bonchev–Trinajstić information content (AvgIpc) is 2.88. The van der Waals surface area contributed by atoms with Gasteiger partial charge in [0.05, 0.1) is 53.6 Å². The first-order chi connectivity index (χ1) is 19.7. The Morgan fingerprint density at radius 3 is 1.63 bits per heavy atom. The second kappa shape index (κ2) is 15.4. The summed E-state index contributed by atoms with van der Waals surface area (Å²) >= 11 is 36.4. The van der Waals surface area contributed by atoms with Gasteiger partial charge in [0.25, 0.3) is 10.1 Å². The number of halogens is 6. The maximum atomic E-state index is 13.0. The maximum Gasteiger partial charge on any atom is 0.345 e. The van der Waals surface area contributed by atoms with Gasteiger partial charge in [0.2, 0.25) is 0 Å². The number of nitrogens with one attached hydrogen (secondary N) is 1. The fourth-order valence-electron chi connectivity index (χ4n) is 3.09. The first kappa shape index (κ1) is 37.4. The van der Waals surface area contributed by atoms with E-state index in [0.29, 0.717) is 11.8 Å². The zero-order valence-corrected chi connectivity index (χ0v) is 28.2. The fraction of sp³-hybridized carbons (Fsp3) is 0.259. The van der Waals surface area contributed by atoms with Crippen LogP contribution in [0, 0.1) is 0 Å². The summed E-state index contributed by atoms with van der Waals surface area (Å²) in [6, 6.07) is 9.73. The number of aliphatic hydroxyl groups excluding tert-OH is 1. The van der Waals surface area contributed by atoms with E-state index in [1.165, 1.54) is 42.5 Å². The van der Waals surface area contributed by atoms with E-state index < -0.39 is 28.2 Å². The number of β-amino-alcohol motifs (C(OH)–C–C–N with tert-alkyl or cyclic N) is 1. The number of ether oxygens (including phenoxy) is 2. The minimum atomic E-state index is -3.67. The van der Waals surface area contributed by atoms with E-state index in [1.54, 1.807) is 0 Å². The van der Waals surface area contributed by atoms with E-state index in [-0.39, 0.29) is 64.8 Å². The van der Waals surface area contributed by atoms with Gasteiger partial charge in [0, 0.05) is 12.1 Å². The van der Waals surface area contributed by atoms with Crippen molar-refractivity contribution >= 4 is 91.7 Å². The Morgan fingerprint density at radius 1 is 0.791 bits per heavy atom. The van der Waals surface area contributed by atoms with E-state index in [2.05, 4.69) is 5.32 Å². The molecule has 1 unspecified atom stereocenters. The van der Waals surface area contributed by atoms with Crippen LogP contribution in [0.15, 0.2) is 42.5 Å². The Labute approximate surface area is 278 Å². The standard InChI is InChI=1S/C26H21Cl6NO5.CH4O3S/c1-26(2,3)33-11-17(34)12-4-9-18(37-24(35)13-5-7-15(27)22(31)20(13)29)19(10-12)38-25(36)14-6-8-16(28)23(32)21(14)30;1-5(2,3)4/h4-10,17,33-34H,11H2,1-3H3;1H3,(H,2,3,4). The summed E-state index contributed by atoms with van der Waals surface area (Å²) in [4.78, 5) is 25.9. The van der Waals surface area contributed by atoms with Gasteiger partial charge in [-0.15, -0.1) is 0 Å². The Morgan fingerprint density at radius 2 is 1.21 bits per heavy atom. The Hall–Kier alpha value is -1.83. The molecule has 3 aromatic rings. The van der Waals surface area contributed by atoms with Gasteiger partial charge in [-0.3, -0.25) is 4.55 Å². The summed E-state index contributed by atoms with van der Waals surface area (Å²) < 4.78 is 36.9. The molecule has 3 N–H and O–H groups in total. The van der Waals surface area contributed by atoms with Crippen molar-refractivity contribution in [3.63, 3.8) is 0 Å². The first-order valence-electron chi connectivity index (χ1n) is 11.9. The number of aliphatic hydroxyl groups is 1. The largest absolute Gasteiger partial charge is 0.419 e. The van der Waals surface area contributed by atoms with Crippen LogP contribution in [0.1, 0.15) is 53.2 Å². The molecule has 3 aromatic carbocycles. The van der Waals surface area contributed by atoms with E-state index in [9.17, 15) is 23.1 Å². The lowest BCUT2D eigenvalue weighted by atomic mass is 10.1. The van der Waals surface area contributed by atoms with Gasteiger partial charge in [0.1, 0.15) is 0 Å². The van der Waals surface area contributed by atoms with Crippen molar-refractivity contribution < 1.29 is 37.1 Å². The van der Waals surface area contributed by atoms with Crippen molar-refractivity contribution in [3.8, 4) is 11.5 Å². The molecule has 234 valence electrons. The highest BCUT2D eigenvalue weighted by Crippen LogP contribution is 2.37. The molecular weight excluding hydrogens is 711 g/mol. The predicted molar refractivity (Wildman–Crippen MR) is 169 cm³/mol. The number of benzene rings is 3. The molecule has 0 aliphatic carbocycles. The van der Waals surface area contributed by atoms with Crippen LogP contribution in [0.25, 0.3) is 0 Å². The van der Waals surface area contributed by atoms with Crippen LogP contribution in [0.5, 0.6) is 11.5 Å². The van der Waals surface area contributed by atoms with Crippen LogP contribution in [-0.4, -0.2) is 48.4 Å². The molecule has 0 amide bonds. The van der Waals surface area contributed by atoms with Gasteiger partial charge >= 0.3 is 11.9 Å². The number of hydrogen-bond donors (Lipinski definition) is 3. The normalized spacial score (nSPS) is 12.2. The molecule has 16 heteroatoms. The number of hydrogen-bond acceptors (Lipinski definition) is 8. The maximum absolute atomic E-state index is 13.0. The molecule has 0 aromatic heterocycles. The van der Waals surface area contributed by atoms with E-state index in [4.69, 9.17) is 83.6 Å². The molecule has 0 radical (unpaired) electrons. The van der Waals surface area contributed by atoms with Crippen molar-refractivity contribution in [1.82, 2.24) is 5.32 Å². The van der Waals surface area contributed by atoms with Crippen LogP contribution in [-0.2, 0) is 10.1 Å². The van der Waals surface area contributed by atoms with Crippen LogP contribution in [0.3, 0.4) is 0 Å². The predicted octanol–water partition coefficient (Wildman–Crippen LogP) is 7.97. The summed E-state index contributed by atoms with van der Waals surface area (Å²) in [5, 5.41) is 13.9. The number of rotatable bonds is 7. The third-order valence-corrected chi connectivity index (χ3v) is 7.68.